The van der Waals surface area contributed by atoms with Gasteiger partial charge >= 0.3 is 0 Å². The Bertz CT molecular complexity index is 115. The van der Waals surface area contributed by atoms with Crippen LogP contribution < -0.4 is 5.32 Å². The molecule has 0 fully saturated rings. The molecule has 2 nitrogen and oxygen atoms in total. The maximum Gasteiger partial charge on any atom is -0.00217 e. The first-order valence-corrected chi connectivity index (χ1v) is 6.03. The molecule has 0 aliphatic carbocycles. The van der Waals surface area contributed by atoms with E-state index in [1.54, 1.807) is 0 Å². The van der Waals surface area contributed by atoms with Crippen LogP contribution in [0.1, 0.15) is 39.5 Å². The van der Waals surface area contributed by atoms with Crippen molar-refractivity contribution in [3.63, 3.8) is 0 Å². The maximum absolute atomic E-state index is 3.23. The summed E-state index contributed by atoms with van der Waals surface area (Å²) in [5, 5.41) is 3.23. The fourth-order valence-corrected chi connectivity index (χ4v) is 1.70. The predicted molar refractivity (Wildman–Crippen MR) is 64.7 cm³/mol. The van der Waals surface area contributed by atoms with Gasteiger partial charge in [-0.25, -0.2) is 0 Å². The van der Waals surface area contributed by atoms with Gasteiger partial charge in [0.1, 0.15) is 0 Å². The van der Waals surface area contributed by atoms with Crippen LogP contribution in [0.5, 0.6) is 0 Å². The van der Waals surface area contributed by atoms with E-state index in [2.05, 4.69) is 31.1 Å². The quantitative estimate of drug-likeness (QED) is 0.614. The summed E-state index contributed by atoms with van der Waals surface area (Å²) in [6.45, 7) is 8.25. The first kappa shape index (κ1) is 13.9. The van der Waals surface area contributed by atoms with E-state index in [9.17, 15) is 0 Å². The van der Waals surface area contributed by atoms with E-state index in [4.69, 9.17) is 0 Å². The van der Waals surface area contributed by atoms with E-state index in [-0.39, 0.29) is 0 Å². The van der Waals surface area contributed by atoms with Crippen LogP contribution in [0, 0.1) is 5.92 Å². The molecule has 0 saturated carbocycles. The summed E-state index contributed by atoms with van der Waals surface area (Å²) in [7, 11) is 4.27. The summed E-state index contributed by atoms with van der Waals surface area (Å²) in [5.41, 5.74) is 0. The molecular formula is C12H28N2. The molecule has 0 amide bonds. The van der Waals surface area contributed by atoms with Gasteiger partial charge in [0.15, 0.2) is 0 Å². The first-order valence-electron chi connectivity index (χ1n) is 6.03. The molecule has 0 aromatic carbocycles. The van der Waals surface area contributed by atoms with Crippen LogP contribution >= 0.6 is 0 Å². The number of nitrogens with one attached hydrogen (secondary N) is 1. The Labute approximate surface area is 90.1 Å². The Morgan fingerprint density at radius 3 is 2.43 bits per heavy atom. The minimum atomic E-state index is 0.819. The monoisotopic (exact) mass is 200 g/mol. The zero-order valence-corrected chi connectivity index (χ0v) is 10.5. The van der Waals surface area contributed by atoms with E-state index in [1.165, 1.54) is 38.8 Å². The van der Waals surface area contributed by atoms with Gasteiger partial charge in [-0.1, -0.05) is 20.3 Å². The lowest BCUT2D eigenvalue weighted by Crippen LogP contribution is -2.22. The van der Waals surface area contributed by atoms with E-state index < -0.39 is 0 Å². The largest absolute Gasteiger partial charge is 0.319 e. The molecule has 1 N–H and O–H groups in total. The molecule has 0 rings (SSSR count). The van der Waals surface area contributed by atoms with Gasteiger partial charge in [-0.3, -0.25) is 0 Å². The molecule has 2 heteroatoms. The number of hydrogen-bond acceptors (Lipinski definition) is 2. The van der Waals surface area contributed by atoms with Gasteiger partial charge in [0.2, 0.25) is 0 Å². The fraction of sp³-hybridized carbons (Fsp3) is 1.00. The summed E-state index contributed by atoms with van der Waals surface area (Å²) < 4.78 is 0. The minimum Gasteiger partial charge on any atom is -0.319 e. The van der Waals surface area contributed by atoms with Gasteiger partial charge in [-0.2, -0.15) is 0 Å². The lowest BCUT2D eigenvalue weighted by Gasteiger charge is -2.17. The molecule has 0 spiro atoms. The lowest BCUT2D eigenvalue weighted by atomic mass is 10.1. The van der Waals surface area contributed by atoms with E-state index >= 15 is 0 Å². The summed E-state index contributed by atoms with van der Waals surface area (Å²) in [6, 6.07) is 0. The van der Waals surface area contributed by atoms with E-state index in [0.29, 0.717) is 0 Å². The van der Waals surface area contributed by atoms with Crippen molar-refractivity contribution in [1.82, 2.24) is 10.2 Å². The lowest BCUT2D eigenvalue weighted by molar-refractivity contribution is 0.309. The maximum atomic E-state index is 3.23. The molecule has 0 radical (unpaired) electrons. The predicted octanol–water partition coefficient (Wildman–Crippen LogP) is 2.35. The normalized spacial score (nSPS) is 13.5. The third-order valence-electron chi connectivity index (χ3n) is 2.68. The highest BCUT2D eigenvalue weighted by atomic mass is 15.1. The molecule has 1 atom stereocenters. The van der Waals surface area contributed by atoms with E-state index in [1.807, 2.05) is 7.05 Å². The molecular weight excluding hydrogens is 172 g/mol. The molecule has 86 valence electrons. The highest BCUT2D eigenvalue weighted by Crippen LogP contribution is 2.05. The van der Waals surface area contributed by atoms with Crippen molar-refractivity contribution in [3.05, 3.63) is 0 Å². The van der Waals surface area contributed by atoms with Crippen molar-refractivity contribution < 1.29 is 0 Å². The van der Waals surface area contributed by atoms with Gasteiger partial charge in [0.25, 0.3) is 0 Å². The number of unbranched alkanes of at least 4 members (excludes halogenated alkanes) is 1. The summed E-state index contributed by atoms with van der Waals surface area (Å²) >= 11 is 0. The highest BCUT2D eigenvalue weighted by molar-refractivity contribution is 4.58. The first-order chi connectivity index (χ1) is 6.70. The Hall–Kier alpha value is -0.0800. The van der Waals surface area contributed by atoms with Crippen molar-refractivity contribution in [2.45, 2.75) is 39.5 Å². The second kappa shape index (κ2) is 9.47. The van der Waals surface area contributed by atoms with Gasteiger partial charge in [-0.15, -0.1) is 0 Å². The zero-order valence-electron chi connectivity index (χ0n) is 10.5. The van der Waals surface area contributed by atoms with Crippen LogP contribution in [0.3, 0.4) is 0 Å². The van der Waals surface area contributed by atoms with Crippen LogP contribution in [0.4, 0.5) is 0 Å². The van der Waals surface area contributed by atoms with Crippen LogP contribution in [0.15, 0.2) is 0 Å². The molecule has 0 aliphatic rings. The Balaban J connectivity index is 3.25. The average molecular weight is 200 g/mol. The third-order valence-corrected chi connectivity index (χ3v) is 2.68. The van der Waals surface area contributed by atoms with Crippen molar-refractivity contribution >= 4 is 0 Å². The van der Waals surface area contributed by atoms with Crippen molar-refractivity contribution in [2.24, 2.45) is 5.92 Å². The Morgan fingerprint density at radius 2 is 1.86 bits per heavy atom. The van der Waals surface area contributed by atoms with E-state index in [0.717, 1.165) is 12.5 Å². The molecule has 0 aliphatic heterocycles. The molecule has 0 unspecified atom stereocenters. The third kappa shape index (κ3) is 8.52. The molecule has 0 heterocycles. The number of hydrogen-bond donors (Lipinski definition) is 1. The Kier molecular flexibility index (Phi) is 9.42. The van der Waals surface area contributed by atoms with Gasteiger partial charge in [0, 0.05) is 0 Å². The van der Waals surface area contributed by atoms with Gasteiger partial charge < -0.3 is 10.2 Å². The number of nitrogens with zero attached hydrogens (tertiary/aromatic N) is 1. The minimum absolute atomic E-state index is 0.819. The van der Waals surface area contributed by atoms with Crippen molar-refractivity contribution in [3.8, 4) is 0 Å². The molecule has 0 aromatic heterocycles. The standard InChI is InChI=1S/C12H28N2/c1-5-6-9-14(4)10-7-8-12(2)11-13-3/h12-13H,5-11H2,1-4H3/t12-/m1/s1. The topological polar surface area (TPSA) is 15.3 Å². The smallest absolute Gasteiger partial charge is 0.00217 e. The molecule has 0 bridgehead atoms. The highest BCUT2D eigenvalue weighted by Gasteiger charge is 2.02. The SMILES string of the molecule is CCCCN(C)CCC[C@@H](C)CNC. The molecule has 0 saturated heterocycles. The van der Waals surface area contributed by atoms with Crippen molar-refractivity contribution in [1.29, 1.82) is 0 Å². The number of rotatable bonds is 9. The second-order valence-corrected chi connectivity index (χ2v) is 4.46. The zero-order chi connectivity index (χ0) is 10.8. The second-order valence-electron chi connectivity index (χ2n) is 4.46. The fourth-order valence-electron chi connectivity index (χ4n) is 1.70. The van der Waals surface area contributed by atoms with Crippen LogP contribution in [0.2, 0.25) is 0 Å². The summed E-state index contributed by atoms with van der Waals surface area (Å²) in [4.78, 5) is 2.45. The average Bonchev–Trinajstić information content (AvgIpc) is 2.15. The summed E-state index contributed by atoms with van der Waals surface area (Å²) in [6.07, 6.45) is 5.32. The van der Waals surface area contributed by atoms with Crippen molar-refractivity contribution in [2.75, 3.05) is 33.7 Å². The molecule has 0 aromatic rings. The van der Waals surface area contributed by atoms with Gasteiger partial charge in [-0.05, 0) is 58.9 Å². The Morgan fingerprint density at radius 1 is 1.21 bits per heavy atom. The van der Waals surface area contributed by atoms with Crippen LogP contribution in [-0.2, 0) is 0 Å². The van der Waals surface area contributed by atoms with Gasteiger partial charge in [0.05, 0.1) is 0 Å². The van der Waals surface area contributed by atoms with Crippen LogP contribution in [-0.4, -0.2) is 38.6 Å². The summed E-state index contributed by atoms with van der Waals surface area (Å²) in [5.74, 6) is 0.819. The van der Waals surface area contributed by atoms with Crippen LogP contribution in [0.25, 0.3) is 0 Å². The molecule has 14 heavy (non-hydrogen) atoms.